The Morgan fingerprint density at radius 2 is 2.25 bits per heavy atom. The van der Waals surface area contributed by atoms with Crippen LogP contribution in [0.4, 0.5) is 0 Å². The molecular weight excluding hydrogens is 276 g/mol. The number of hydrogen-bond donors (Lipinski definition) is 0. The van der Waals surface area contributed by atoms with Crippen LogP contribution in [0.25, 0.3) is 0 Å². The largest absolute Gasteiger partial charge is 0.462 e. The molecule has 0 amide bonds. The van der Waals surface area contributed by atoms with E-state index in [2.05, 4.69) is 16.9 Å². The van der Waals surface area contributed by atoms with Gasteiger partial charge in [0.25, 0.3) is 0 Å². The zero-order chi connectivity index (χ0) is 14.5. The lowest BCUT2D eigenvalue weighted by atomic mass is 10.0. The first-order valence-corrected chi connectivity index (χ1v) is 7.81. The lowest BCUT2D eigenvalue weighted by Crippen LogP contribution is -2.13. The normalized spacial score (nSPS) is 21.9. The molecule has 2 rings (SSSR count). The van der Waals surface area contributed by atoms with Crippen molar-refractivity contribution in [2.45, 2.75) is 51.3 Å². The van der Waals surface area contributed by atoms with Gasteiger partial charge >= 0.3 is 5.97 Å². The summed E-state index contributed by atoms with van der Waals surface area (Å²) in [7, 11) is 0. The molecular formula is C15H21ClN2O2. The molecule has 1 aromatic heterocycles. The molecule has 0 radical (unpaired) electrons. The molecule has 110 valence electrons. The average molecular weight is 297 g/mol. The molecule has 5 heteroatoms. The Morgan fingerprint density at radius 1 is 1.45 bits per heavy atom. The highest BCUT2D eigenvalue weighted by atomic mass is 35.5. The number of aromatic nitrogens is 2. The number of carbonyl (C=O) groups excluding carboxylic acids is 1. The summed E-state index contributed by atoms with van der Waals surface area (Å²) >= 11 is 5.91. The van der Waals surface area contributed by atoms with Gasteiger partial charge in [0, 0.05) is 12.1 Å². The molecule has 2 atom stereocenters. The van der Waals surface area contributed by atoms with Crippen LogP contribution in [0.3, 0.4) is 0 Å². The second-order valence-electron chi connectivity index (χ2n) is 5.23. The Hall–Kier alpha value is -1.16. The van der Waals surface area contributed by atoms with Crippen molar-refractivity contribution in [3.8, 4) is 0 Å². The summed E-state index contributed by atoms with van der Waals surface area (Å²) in [5.41, 5.74) is 0.964. The fourth-order valence-electron chi connectivity index (χ4n) is 2.79. The summed E-state index contributed by atoms with van der Waals surface area (Å²) in [5.74, 6) is 1.80. The first-order valence-electron chi connectivity index (χ1n) is 7.28. The number of esters is 1. The van der Waals surface area contributed by atoms with Gasteiger partial charge in [-0.1, -0.05) is 13.3 Å². The summed E-state index contributed by atoms with van der Waals surface area (Å²) in [4.78, 5) is 20.7. The van der Waals surface area contributed by atoms with Crippen LogP contribution in [-0.4, -0.2) is 22.5 Å². The molecule has 0 N–H and O–H groups in total. The number of hydrogen-bond acceptors (Lipinski definition) is 4. The Kier molecular flexibility index (Phi) is 5.35. The number of rotatable bonds is 5. The summed E-state index contributed by atoms with van der Waals surface area (Å²) < 4.78 is 4.99. The standard InChI is InChI=1S/C15H21ClN2O2/c1-3-10-5-6-11(7-10)14-17-9-12(13(8-16)18-14)15(19)20-4-2/h9-11H,3-8H2,1-2H3. The molecule has 1 heterocycles. The van der Waals surface area contributed by atoms with Crippen molar-refractivity contribution in [3.63, 3.8) is 0 Å². The second-order valence-corrected chi connectivity index (χ2v) is 5.49. The molecule has 1 saturated carbocycles. The number of carbonyl (C=O) groups is 1. The third-order valence-corrected chi connectivity index (χ3v) is 4.25. The van der Waals surface area contributed by atoms with Crippen molar-refractivity contribution < 1.29 is 9.53 Å². The van der Waals surface area contributed by atoms with Gasteiger partial charge in [0.1, 0.15) is 11.4 Å². The van der Waals surface area contributed by atoms with Crippen LogP contribution in [0.2, 0.25) is 0 Å². The third kappa shape index (κ3) is 3.29. The average Bonchev–Trinajstić information content (AvgIpc) is 2.95. The smallest absolute Gasteiger partial charge is 0.341 e. The first kappa shape index (κ1) is 15.2. The van der Waals surface area contributed by atoms with Crippen molar-refractivity contribution in [1.29, 1.82) is 0 Å². The summed E-state index contributed by atoms with van der Waals surface area (Å²) in [6.07, 6.45) is 6.27. The van der Waals surface area contributed by atoms with Crippen LogP contribution in [0.15, 0.2) is 6.20 Å². The van der Waals surface area contributed by atoms with Crippen molar-refractivity contribution in [3.05, 3.63) is 23.3 Å². The van der Waals surface area contributed by atoms with Gasteiger partial charge < -0.3 is 4.74 Å². The maximum Gasteiger partial charge on any atom is 0.341 e. The Labute approximate surface area is 124 Å². The van der Waals surface area contributed by atoms with Gasteiger partial charge in [0.15, 0.2) is 0 Å². The van der Waals surface area contributed by atoms with E-state index in [0.29, 0.717) is 23.8 Å². The van der Waals surface area contributed by atoms with Gasteiger partial charge in [-0.05, 0) is 32.1 Å². The topological polar surface area (TPSA) is 52.1 Å². The molecule has 20 heavy (non-hydrogen) atoms. The van der Waals surface area contributed by atoms with Gasteiger partial charge in [-0.15, -0.1) is 11.6 Å². The van der Waals surface area contributed by atoms with Gasteiger partial charge in [-0.25, -0.2) is 14.8 Å². The van der Waals surface area contributed by atoms with Crippen molar-refractivity contribution in [1.82, 2.24) is 9.97 Å². The summed E-state index contributed by atoms with van der Waals surface area (Å²) in [5, 5.41) is 0. The highest BCUT2D eigenvalue weighted by molar-refractivity contribution is 6.17. The monoisotopic (exact) mass is 296 g/mol. The van der Waals surface area contributed by atoms with Crippen LogP contribution in [0, 0.1) is 5.92 Å². The third-order valence-electron chi connectivity index (χ3n) is 3.99. The summed E-state index contributed by atoms with van der Waals surface area (Å²) in [6.45, 7) is 4.34. The predicted molar refractivity (Wildman–Crippen MR) is 77.9 cm³/mol. The lowest BCUT2D eigenvalue weighted by molar-refractivity contribution is 0.0524. The van der Waals surface area contributed by atoms with Gasteiger partial charge in [0.05, 0.1) is 18.2 Å². The molecule has 1 aliphatic rings. The molecule has 4 nitrogen and oxygen atoms in total. The minimum Gasteiger partial charge on any atom is -0.462 e. The van der Waals surface area contributed by atoms with Crippen LogP contribution in [0.5, 0.6) is 0 Å². The van der Waals surface area contributed by atoms with Gasteiger partial charge in [0.2, 0.25) is 0 Å². The van der Waals surface area contributed by atoms with Crippen molar-refractivity contribution >= 4 is 17.6 Å². The molecule has 0 spiro atoms. The second kappa shape index (κ2) is 7.02. The fourth-order valence-corrected chi connectivity index (χ4v) is 2.99. The van der Waals surface area contributed by atoms with E-state index in [1.165, 1.54) is 12.8 Å². The maximum absolute atomic E-state index is 11.8. The van der Waals surface area contributed by atoms with E-state index in [9.17, 15) is 4.79 Å². The van der Waals surface area contributed by atoms with E-state index in [0.717, 1.165) is 24.6 Å². The van der Waals surface area contributed by atoms with E-state index in [1.807, 2.05) is 0 Å². The summed E-state index contributed by atoms with van der Waals surface area (Å²) in [6, 6.07) is 0. The minimum absolute atomic E-state index is 0.202. The van der Waals surface area contributed by atoms with E-state index < -0.39 is 5.97 Å². The minimum atomic E-state index is -0.396. The van der Waals surface area contributed by atoms with Crippen LogP contribution in [-0.2, 0) is 10.6 Å². The highest BCUT2D eigenvalue weighted by Gasteiger charge is 2.27. The van der Waals surface area contributed by atoms with E-state index in [-0.39, 0.29) is 5.88 Å². The zero-order valence-electron chi connectivity index (χ0n) is 12.1. The molecule has 0 aromatic carbocycles. The number of halogens is 1. The molecule has 1 aromatic rings. The van der Waals surface area contributed by atoms with E-state index in [4.69, 9.17) is 16.3 Å². The number of nitrogens with zero attached hydrogens (tertiary/aromatic N) is 2. The van der Waals surface area contributed by atoms with Crippen LogP contribution >= 0.6 is 11.6 Å². The SMILES string of the molecule is CCOC(=O)c1cnc(C2CCC(CC)C2)nc1CCl. The van der Waals surface area contributed by atoms with Crippen molar-refractivity contribution in [2.24, 2.45) is 5.92 Å². The molecule has 2 unspecified atom stereocenters. The highest BCUT2D eigenvalue weighted by Crippen LogP contribution is 2.38. The quantitative estimate of drug-likeness (QED) is 0.614. The number of alkyl halides is 1. The maximum atomic E-state index is 11.8. The Balaban J connectivity index is 2.19. The van der Waals surface area contributed by atoms with E-state index >= 15 is 0 Å². The van der Waals surface area contributed by atoms with Gasteiger partial charge in [-0.2, -0.15) is 0 Å². The Morgan fingerprint density at radius 3 is 2.85 bits per heavy atom. The molecule has 0 saturated heterocycles. The number of ether oxygens (including phenoxy) is 1. The van der Waals surface area contributed by atoms with Crippen LogP contribution < -0.4 is 0 Å². The molecule has 0 bridgehead atoms. The van der Waals surface area contributed by atoms with Gasteiger partial charge in [-0.3, -0.25) is 0 Å². The fraction of sp³-hybridized carbons (Fsp3) is 0.667. The first-order chi connectivity index (χ1) is 9.69. The molecule has 0 aliphatic heterocycles. The Bertz CT molecular complexity index is 479. The van der Waals surface area contributed by atoms with Crippen molar-refractivity contribution in [2.75, 3.05) is 6.61 Å². The zero-order valence-corrected chi connectivity index (χ0v) is 12.8. The molecule has 1 aliphatic carbocycles. The predicted octanol–water partition coefficient (Wildman–Crippen LogP) is 3.69. The lowest BCUT2D eigenvalue weighted by Gasteiger charge is -2.12. The van der Waals surface area contributed by atoms with E-state index in [1.54, 1.807) is 13.1 Å². The molecule has 1 fully saturated rings. The van der Waals surface area contributed by atoms with Crippen LogP contribution in [0.1, 0.15) is 67.3 Å².